The van der Waals surface area contributed by atoms with Crippen LogP contribution in [-0.4, -0.2) is 25.8 Å². The standard InChI is InChI=1S/C8H14N2OS2/c1-4-6-9-7(13-10-6)12-5-8(2,3)11/h11H,4-5H2,1-3H3. The molecule has 0 bridgehead atoms. The van der Waals surface area contributed by atoms with Crippen LogP contribution in [0.1, 0.15) is 26.6 Å². The van der Waals surface area contributed by atoms with Crippen molar-refractivity contribution < 1.29 is 5.11 Å². The predicted octanol–water partition coefficient (Wildman–Crippen LogP) is 1.96. The molecule has 0 spiro atoms. The zero-order chi connectivity index (χ0) is 9.90. The van der Waals surface area contributed by atoms with E-state index in [4.69, 9.17) is 0 Å². The summed E-state index contributed by atoms with van der Waals surface area (Å²) >= 11 is 2.96. The summed E-state index contributed by atoms with van der Waals surface area (Å²) < 4.78 is 5.11. The van der Waals surface area contributed by atoms with Crippen molar-refractivity contribution >= 4 is 23.3 Å². The van der Waals surface area contributed by atoms with Crippen LogP contribution in [-0.2, 0) is 6.42 Å². The Morgan fingerprint density at radius 3 is 2.69 bits per heavy atom. The van der Waals surface area contributed by atoms with Gasteiger partial charge in [-0.15, -0.1) is 0 Å². The third-order valence-electron chi connectivity index (χ3n) is 1.31. The highest BCUT2D eigenvalue weighted by molar-refractivity contribution is 8.01. The topological polar surface area (TPSA) is 46.0 Å². The molecule has 0 unspecified atom stereocenters. The van der Waals surface area contributed by atoms with Crippen LogP contribution in [0.2, 0.25) is 0 Å². The Kier molecular flexibility index (Phi) is 3.70. The quantitative estimate of drug-likeness (QED) is 0.785. The summed E-state index contributed by atoms with van der Waals surface area (Å²) in [6, 6.07) is 0. The van der Waals surface area contributed by atoms with Crippen molar-refractivity contribution in [3.63, 3.8) is 0 Å². The van der Waals surface area contributed by atoms with Crippen LogP contribution in [0.15, 0.2) is 4.34 Å². The van der Waals surface area contributed by atoms with Gasteiger partial charge in [-0.1, -0.05) is 18.7 Å². The van der Waals surface area contributed by atoms with E-state index in [1.165, 1.54) is 11.5 Å². The van der Waals surface area contributed by atoms with Gasteiger partial charge in [0.2, 0.25) is 0 Å². The van der Waals surface area contributed by atoms with Crippen LogP contribution in [0.3, 0.4) is 0 Å². The first-order chi connectivity index (χ1) is 6.01. The number of aryl methyl sites for hydroxylation is 1. The molecule has 0 atom stereocenters. The molecule has 1 rings (SSSR count). The lowest BCUT2D eigenvalue weighted by Crippen LogP contribution is -2.21. The highest BCUT2D eigenvalue weighted by Gasteiger charge is 2.14. The SMILES string of the molecule is CCc1nsc(SCC(C)(C)O)n1. The van der Waals surface area contributed by atoms with Crippen molar-refractivity contribution in [2.75, 3.05) is 5.75 Å². The molecule has 0 saturated heterocycles. The molecule has 0 aliphatic rings. The Morgan fingerprint density at radius 1 is 1.54 bits per heavy atom. The number of rotatable bonds is 4. The Labute approximate surface area is 86.8 Å². The zero-order valence-corrected chi connectivity index (χ0v) is 9.71. The monoisotopic (exact) mass is 218 g/mol. The van der Waals surface area contributed by atoms with Crippen molar-refractivity contribution in [2.45, 2.75) is 37.1 Å². The van der Waals surface area contributed by atoms with Crippen LogP contribution in [0.25, 0.3) is 0 Å². The molecule has 0 aromatic carbocycles. The lowest BCUT2D eigenvalue weighted by Gasteiger charge is -2.14. The molecule has 0 amide bonds. The van der Waals surface area contributed by atoms with E-state index in [2.05, 4.69) is 9.36 Å². The van der Waals surface area contributed by atoms with Crippen LogP contribution >= 0.6 is 23.3 Å². The van der Waals surface area contributed by atoms with Gasteiger partial charge < -0.3 is 5.11 Å². The van der Waals surface area contributed by atoms with Crippen LogP contribution < -0.4 is 0 Å². The second-order valence-electron chi connectivity index (χ2n) is 3.43. The fourth-order valence-corrected chi connectivity index (χ4v) is 2.32. The smallest absolute Gasteiger partial charge is 0.170 e. The molecule has 1 aromatic rings. The maximum absolute atomic E-state index is 9.48. The van der Waals surface area contributed by atoms with E-state index in [0.29, 0.717) is 5.75 Å². The van der Waals surface area contributed by atoms with Crippen molar-refractivity contribution in [2.24, 2.45) is 0 Å². The molecule has 0 radical (unpaired) electrons. The molecule has 0 saturated carbocycles. The molecule has 5 heteroatoms. The highest BCUT2D eigenvalue weighted by atomic mass is 32.2. The zero-order valence-electron chi connectivity index (χ0n) is 8.07. The maximum atomic E-state index is 9.48. The summed E-state index contributed by atoms with van der Waals surface area (Å²) in [4.78, 5) is 4.29. The minimum absolute atomic E-state index is 0.636. The normalized spacial score (nSPS) is 12.0. The minimum atomic E-state index is -0.636. The molecule has 1 aromatic heterocycles. The number of hydrogen-bond acceptors (Lipinski definition) is 5. The van der Waals surface area contributed by atoms with Crippen molar-refractivity contribution in [3.05, 3.63) is 5.82 Å². The van der Waals surface area contributed by atoms with Gasteiger partial charge in [0, 0.05) is 12.2 Å². The number of hydrogen-bond donors (Lipinski definition) is 1. The average molecular weight is 218 g/mol. The first-order valence-corrected chi connectivity index (χ1v) is 5.95. The van der Waals surface area contributed by atoms with E-state index in [0.717, 1.165) is 16.6 Å². The van der Waals surface area contributed by atoms with Crippen LogP contribution in [0.5, 0.6) is 0 Å². The fourth-order valence-electron chi connectivity index (χ4n) is 0.679. The summed E-state index contributed by atoms with van der Waals surface area (Å²) in [5, 5.41) is 9.48. The van der Waals surface area contributed by atoms with E-state index >= 15 is 0 Å². The van der Waals surface area contributed by atoms with Gasteiger partial charge in [0.1, 0.15) is 5.82 Å². The van der Waals surface area contributed by atoms with Crippen molar-refractivity contribution in [1.29, 1.82) is 0 Å². The predicted molar refractivity (Wildman–Crippen MR) is 56.3 cm³/mol. The van der Waals surface area contributed by atoms with Gasteiger partial charge >= 0.3 is 0 Å². The van der Waals surface area contributed by atoms with E-state index in [1.54, 1.807) is 25.6 Å². The summed E-state index contributed by atoms with van der Waals surface area (Å²) in [5.41, 5.74) is -0.636. The summed E-state index contributed by atoms with van der Waals surface area (Å²) in [5.74, 6) is 1.55. The van der Waals surface area contributed by atoms with Gasteiger partial charge in [-0.05, 0) is 25.4 Å². The van der Waals surface area contributed by atoms with Crippen LogP contribution in [0.4, 0.5) is 0 Å². The van der Waals surface area contributed by atoms with E-state index in [-0.39, 0.29) is 0 Å². The molecule has 1 N–H and O–H groups in total. The lowest BCUT2D eigenvalue weighted by atomic mass is 10.2. The van der Waals surface area contributed by atoms with E-state index in [1.807, 2.05) is 6.92 Å². The van der Waals surface area contributed by atoms with Gasteiger partial charge in [-0.25, -0.2) is 4.98 Å². The molecule has 13 heavy (non-hydrogen) atoms. The second-order valence-corrected chi connectivity index (χ2v) is 5.41. The minimum Gasteiger partial charge on any atom is -0.390 e. The largest absolute Gasteiger partial charge is 0.390 e. The second kappa shape index (κ2) is 4.39. The molecule has 0 aliphatic heterocycles. The summed E-state index contributed by atoms with van der Waals surface area (Å²) in [7, 11) is 0. The molecule has 74 valence electrons. The molecular weight excluding hydrogens is 204 g/mol. The fraction of sp³-hybridized carbons (Fsp3) is 0.750. The molecule has 3 nitrogen and oxygen atoms in total. The Balaban J connectivity index is 2.46. The molecular formula is C8H14N2OS2. The number of aromatic nitrogens is 2. The van der Waals surface area contributed by atoms with Gasteiger partial charge in [0.15, 0.2) is 4.34 Å². The Hall–Kier alpha value is -0.130. The Morgan fingerprint density at radius 2 is 2.23 bits per heavy atom. The van der Waals surface area contributed by atoms with E-state index < -0.39 is 5.60 Å². The van der Waals surface area contributed by atoms with Gasteiger partial charge in [0.25, 0.3) is 0 Å². The first-order valence-electron chi connectivity index (χ1n) is 4.19. The van der Waals surface area contributed by atoms with Gasteiger partial charge in [-0.3, -0.25) is 0 Å². The Bertz CT molecular complexity index is 267. The van der Waals surface area contributed by atoms with Crippen molar-refractivity contribution in [1.82, 2.24) is 9.36 Å². The van der Waals surface area contributed by atoms with Gasteiger partial charge in [0.05, 0.1) is 5.60 Å². The lowest BCUT2D eigenvalue weighted by molar-refractivity contribution is 0.107. The van der Waals surface area contributed by atoms with Crippen LogP contribution in [0, 0.1) is 0 Å². The molecule has 0 fully saturated rings. The molecule has 0 aliphatic carbocycles. The number of aliphatic hydroxyl groups is 1. The van der Waals surface area contributed by atoms with Crippen molar-refractivity contribution in [3.8, 4) is 0 Å². The summed E-state index contributed by atoms with van der Waals surface area (Å²) in [6.45, 7) is 5.62. The number of nitrogens with zero attached hydrogens (tertiary/aromatic N) is 2. The molecule has 1 heterocycles. The average Bonchev–Trinajstić information content (AvgIpc) is 2.47. The van der Waals surface area contributed by atoms with E-state index in [9.17, 15) is 5.11 Å². The first kappa shape index (κ1) is 10.9. The van der Waals surface area contributed by atoms with Gasteiger partial charge in [-0.2, -0.15) is 4.37 Å². The maximum Gasteiger partial charge on any atom is 0.170 e. The third-order valence-corrected chi connectivity index (χ3v) is 3.63. The number of thioether (sulfide) groups is 1. The third kappa shape index (κ3) is 4.06. The summed E-state index contributed by atoms with van der Waals surface area (Å²) in [6.07, 6.45) is 0.875. The highest BCUT2D eigenvalue weighted by Crippen LogP contribution is 2.23.